The molecule has 0 spiro atoms. The molecule has 1 atom stereocenters. The monoisotopic (exact) mass is 158 g/mol. The highest BCUT2D eigenvalue weighted by atomic mass is 16.5. The smallest absolute Gasteiger partial charge is 0.308 e. The van der Waals surface area contributed by atoms with E-state index in [0.717, 1.165) is 6.42 Å². The first-order valence-electron chi connectivity index (χ1n) is 3.94. The second kappa shape index (κ2) is 6.16. The lowest BCUT2D eigenvalue weighted by atomic mass is 10.1. The molecule has 0 aromatic heterocycles. The van der Waals surface area contributed by atoms with E-state index in [1.807, 2.05) is 13.8 Å². The SMILES string of the molecule is CCC(C)C(=O)OCC[N-]C. The Labute approximate surface area is 68.1 Å². The average Bonchev–Trinajstić information content (AvgIpc) is 2.03. The second-order valence-corrected chi connectivity index (χ2v) is 2.52. The number of rotatable bonds is 5. The van der Waals surface area contributed by atoms with E-state index in [-0.39, 0.29) is 11.9 Å². The Hall–Kier alpha value is -0.570. The van der Waals surface area contributed by atoms with Crippen molar-refractivity contribution in [2.45, 2.75) is 20.3 Å². The summed E-state index contributed by atoms with van der Waals surface area (Å²) in [6.45, 7) is 4.85. The fraction of sp³-hybridized carbons (Fsp3) is 0.875. The molecule has 0 bridgehead atoms. The van der Waals surface area contributed by atoms with Crippen molar-refractivity contribution in [2.75, 3.05) is 20.2 Å². The van der Waals surface area contributed by atoms with E-state index in [4.69, 9.17) is 4.74 Å². The molecular weight excluding hydrogens is 142 g/mol. The van der Waals surface area contributed by atoms with Gasteiger partial charge in [-0.25, -0.2) is 0 Å². The number of hydrogen-bond acceptors (Lipinski definition) is 2. The Morgan fingerprint density at radius 2 is 2.27 bits per heavy atom. The highest BCUT2D eigenvalue weighted by Crippen LogP contribution is 2.02. The highest BCUT2D eigenvalue weighted by Gasteiger charge is 2.09. The zero-order valence-electron chi connectivity index (χ0n) is 7.46. The van der Waals surface area contributed by atoms with Gasteiger partial charge in [0, 0.05) is 0 Å². The molecule has 3 heteroatoms. The zero-order chi connectivity index (χ0) is 8.69. The summed E-state index contributed by atoms with van der Waals surface area (Å²) in [7, 11) is 1.71. The van der Waals surface area contributed by atoms with Crippen LogP contribution in [0.4, 0.5) is 0 Å². The van der Waals surface area contributed by atoms with Crippen molar-refractivity contribution >= 4 is 5.97 Å². The summed E-state index contributed by atoms with van der Waals surface area (Å²) < 4.78 is 4.90. The van der Waals surface area contributed by atoms with Gasteiger partial charge in [-0.15, -0.1) is 6.54 Å². The minimum atomic E-state index is -0.115. The number of hydrogen-bond donors (Lipinski definition) is 0. The van der Waals surface area contributed by atoms with Crippen molar-refractivity contribution < 1.29 is 9.53 Å². The summed E-state index contributed by atoms with van der Waals surface area (Å²) in [5, 5.41) is 3.82. The number of nitrogens with zero attached hydrogens (tertiary/aromatic N) is 1. The minimum Gasteiger partial charge on any atom is -0.662 e. The first kappa shape index (κ1) is 10.4. The van der Waals surface area contributed by atoms with E-state index in [0.29, 0.717) is 13.2 Å². The molecule has 0 aromatic rings. The van der Waals surface area contributed by atoms with Crippen LogP contribution in [0.3, 0.4) is 0 Å². The van der Waals surface area contributed by atoms with Crippen LogP contribution in [0, 0.1) is 5.92 Å². The molecule has 0 amide bonds. The van der Waals surface area contributed by atoms with Gasteiger partial charge in [0.1, 0.15) is 0 Å². The Bertz CT molecular complexity index is 115. The lowest BCUT2D eigenvalue weighted by molar-refractivity contribution is -0.147. The summed E-state index contributed by atoms with van der Waals surface area (Å²) in [5.74, 6) is -0.0944. The van der Waals surface area contributed by atoms with Crippen molar-refractivity contribution in [1.82, 2.24) is 0 Å². The minimum absolute atomic E-state index is 0.0202. The molecule has 0 aromatic carbocycles. The third-order valence-corrected chi connectivity index (χ3v) is 1.57. The van der Waals surface area contributed by atoms with Gasteiger partial charge >= 0.3 is 5.97 Å². The van der Waals surface area contributed by atoms with Crippen LogP contribution in [-0.2, 0) is 9.53 Å². The molecular formula is C8H16NO2-. The Balaban J connectivity index is 3.36. The first-order chi connectivity index (χ1) is 5.22. The second-order valence-electron chi connectivity index (χ2n) is 2.52. The molecule has 66 valence electrons. The van der Waals surface area contributed by atoms with Gasteiger partial charge in [-0.05, 0) is 6.42 Å². The van der Waals surface area contributed by atoms with Gasteiger partial charge < -0.3 is 10.1 Å². The zero-order valence-corrected chi connectivity index (χ0v) is 7.46. The molecule has 0 aliphatic rings. The number of likely N-dealkylation sites (N-methyl/N-ethyl adjacent to an activating group) is 1. The van der Waals surface area contributed by atoms with Crippen LogP contribution in [0.5, 0.6) is 0 Å². The van der Waals surface area contributed by atoms with E-state index in [9.17, 15) is 4.79 Å². The Morgan fingerprint density at radius 3 is 2.73 bits per heavy atom. The summed E-state index contributed by atoms with van der Waals surface area (Å²) >= 11 is 0. The molecule has 1 unspecified atom stereocenters. The first-order valence-corrected chi connectivity index (χ1v) is 3.94. The molecule has 0 aliphatic carbocycles. The lowest BCUT2D eigenvalue weighted by Gasteiger charge is -2.13. The van der Waals surface area contributed by atoms with Crippen LogP contribution in [0.1, 0.15) is 20.3 Å². The molecule has 0 saturated heterocycles. The molecule has 3 nitrogen and oxygen atoms in total. The third-order valence-electron chi connectivity index (χ3n) is 1.57. The van der Waals surface area contributed by atoms with Gasteiger partial charge in [-0.2, -0.15) is 7.05 Å². The predicted octanol–water partition coefficient (Wildman–Crippen LogP) is 1.58. The van der Waals surface area contributed by atoms with E-state index in [1.54, 1.807) is 7.05 Å². The summed E-state index contributed by atoms with van der Waals surface area (Å²) in [4.78, 5) is 11.0. The summed E-state index contributed by atoms with van der Waals surface area (Å²) in [6.07, 6.45) is 0.835. The summed E-state index contributed by atoms with van der Waals surface area (Å²) in [6, 6.07) is 0. The third kappa shape index (κ3) is 4.79. The van der Waals surface area contributed by atoms with Crippen LogP contribution in [0.15, 0.2) is 0 Å². The van der Waals surface area contributed by atoms with Gasteiger partial charge in [0.05, 0.1) is 12.5 Å². The number of ether oxygens (including phenoxy) is 1. The van der Waals surface area contributed by atoms with Crippen LogP contribution in [-0.4, -0.2) is 26.2 Å². The van der Waals surface area contributed by atoms with Crippen molar-refractivity contribution in [3.63, 3.8) is 0 Å². The van der Waals surface area contributed by atoms with Crippen LogP contribution in [0.2, 0.25) is 0 Å². The summed E-state index contributed by atoms with van der Waals surface area (Å²) in [5.41, 5.74) is 0. The van der Waals surface area contributed by atoms with Crippen LogP contribution >= 0.6 is 0 Å². The van der Waals surface area contributed by atoms with E-state index in [1.165, 1.54) is 0 Å². The predicted molar refractivity (Wildman–Crippen MR) is 44.6 cm³/mol. The maximum absolute atomic E-state index is 11.0. The van der Waals surface area contributed by atoms with Gasteiger partial charge in [0.15, 0.2) is 0 Å². The molecule has 0 rings (SSSR count). The number of carbonyl (C=O) groups excluding carboxylic acids is 1. The fourth-order valence-corrected chi connectivity index (χ4v) is 0.546. The van der Waals surface area contributed by atoms with Gasteiger partial charge in [0.25, 0.3) is 0 Å². The number of esters is 1. The van der Waals surface area contributed by atoms with Gasteiger partial charge in [-0.3, -0.25) is 4.79 Å². The lowest BCUT2D eigenvalue weighted by Crippen LogP contribution is -2.15. The van der Waals surface area contributed by atoms with E-state index >= 15 is 0 Å². The van der Waals surface area contributed by atoms with E-state index < -0.39 is 0 Å². The van der Waals surface area contributed by atoms with Gasteiger partial charge in [0.2, 0.25) is 0 Å². The van der Waals surface area contributed by atoms with Crippen molar-refractivity contribution in [3.05, 3.63) is 5.32 Å². The maximum atomic E-state index is 11.0. The molecule has 0 aliphatic heterocycles. The largest absolute Gasteiger partial charge is 0.662 e. The molecule has 0 heterocycles. The molecule has 0 fully saturated rings. The molecule has 0 N–H and O–H groups in total. The Kier molecular flexibility index (Phi) is 5.84. The highest BCUT2D eigenvalue weighted by molar-refractivity contribution is 5.71. The maximum Gasteiger partial charge on any atom is 0.308 e. The molecule has 0 saturated carbocycles. The van der Waals surface area contributed by atoms with Crippen molar-refractivity contribution in [2.24, 2.45) is 5.92 Å². The topological polar surface area (TPSA) is 40.4 Å². The van der Waals surface area contributed by atoms with Crippen LogP contribution < -0.4 is 0 Å². The Morgan fingerprint density at radius 1 is 1.64 bits per heavy atom. The van der Waals surface area contributed by atoms with Gasteiger partial charge in [-0.1, -0.05) is 13.8 Å². The molecule has 11 heavy (non-hydrogen) atoms. The fourth-order valence-electron chi connectivity index (χ4n) is 0.546. The average molecular weight is 158 g/mol. The molecule has 0 radical (unpaired) electrons. The van der Waals surface area contributed by atoms with Crippen molar-refractivity contribution in [1.29, 1.82) is 0 Å². The van der Waals surface area contributed by atoms with Crippen molar-refractivity contribution in [3.8, 4) is 0 Å². The van der Waals surface area contributed by atoms with Crippen LogP contribution in [0.25, 0.3) is 5.32 Å². The standard InChI is InChI=1S/C8H16NO2/c1-4-7(2)8(10)11-6-5-9-3/h7H,4-6H2,1-3H3/q-1. The quantitative estimate of drug-likeness (QED) is 0.450. The number of carbonyl (C=O) groups is 1. The normalized spacial score (nSPS) is 12.6. The van der Waals surface area contributed by atoms with E-state index in [2.05, 4.69) is 5.32 Å².